The number of aromatic nitrogens is 3. The van der Waals surface area contributed by atoms with Crippen molar-refractivity contribution in [2.24, 2.45) is 5.73 Å². The van der Waals surface area contributed by atoms with Crippen LogP contribution in [0.2, 0.25) is 0 Å². The van der Waals surface area contributed by atoms with Gasteiger partial charge in [-0.2, -0.15) is 15.0 Å². The molecule has 0 saturated carbocycles. The summed E-state index contributed by atoms with van der Waals surface area (Å²) in [4.78, 5) is 13.6. The molecule has 0 aliphatic heterocycles. The summed E-state index contributed by atoms with van der Waals surface area (Å²) in [6.07, 6.45) is 0.844. The molecule has 0 spiro atoms. The standard InChI is InChI=1S/C24H27N7/c25-14-7-15-26-22-29-23(27-16-18-8-2-1-3-9-18)31-24(30-22)28-17-20-12-6-11-19-10-4-5-13-21(19)20/h1-6,8-13H,7,14-17,25H2,(H3,26,27,28,29,30,31). The van der Waals surface area contributed by atoms with E-state index in [9.17, 15) is 0 Å². The van der Waals surface area contributed by atoms with Gasteiger partial charge in [0, 0.05) is 19.6 Å². The highest BCUT2D eigenvalue weighted by atomic mass is 15.3. The quantitative estimate of drug-likeness (QED) is 0.291. The lowest BCUT2D eigenvalue weighted by Crippen LogP contribution is -2.14. The normalized spacial score (nSPS) is 10.7. The summed E-state index contributed by atoms with van der Waals surface area (Å²) in [5, 5.41) is 12.3. The van der Waals surface area contributed by atoms with Gasteiger partial charge in [0.15, 0.2) is 0 Å². The summed E-state index contributed by atoms with van der Waals surface area (Å²) in [5.41, 5.74) is 7.95. The van der Waals surface area contributed by atoms with Gasteiger partial charge in [-0.25, -0.2) is 0 Å². The van der Waals surface area contributed by atoms with Crippen LogP contribution in [0.1, 0.15) is 17.5 Å². The molecule has 0 aliphatic rings. The van der Waals surface area contributed by atoms with Crippen molar-refractivity contribution in [2.45, 2.75) is 19.5 Å². The van der Waals surface area contributed by atoms with Crippen LogP contribution in [0.4, 0.5) is 17.8 Å². The summed E-state index contributed by atoms with van der Waals surface area (Å²) in [6, 6.07) is 24.8. The minimum atomic E-state index is 0.522. The lowest BCUT2D eigenvalue weighted by molar-refractivity contribution is 0.859. The molecule has 7 nitrogen and oxygen atoms in total. The molecule has 0 amide bonds. The van der Waals surface area contributed by atoms with Crippen LogP contribution in [0.15, 0.2) is 72.8 Å². The van der Waals surface area contributed by atoms with E-state index < -0.39 is 0 Å². The van der Waals surface area contributed by atoms with Gasteiger partial charge >= 0.3 is 0 Å². The van der Waals surface area contributed by atoms with Crippen LogP contribution in [-0.4, -0.2) is 28.0 Å². The first-order valence-electron chi connectivity index (χ1n) is 10.5. The Hall–Kier alpha value is -3.71. The molecule has 0 saturated heterocycles. The predicted molar refractivity (Wildman–Crippen MR) is 127 cm³/mol. The third-order valence-electron chi connectivity index (χ3n) is 4.91. The second kappa shape index (κ2) is 10.4. The zero-order chi connectivity index (χ0) is 21.3. The highest BCUT2D eigenvalue weighted by Crippen LogP contribution is 2.19. The van der Waals surface area contributed by atoms with Gasteiger partial charge in [-0.15, -0.1) is 0 Å². The molecule has 7 heteroatoms. The maximum Gasteiger partial charge on any atom is 0.229 e. The first-order valence-corrected chi connectivity index (χ1v) is 10.5. The molecular weight excluding hydrogens is 386 g/mol. The molecule has 0 unspecified atom stereocenters. The van der Waals surface area contributed by atoms with Crippen LogP contribution in [0, 0.1) is 0 Å². The average molecular weight is 414 g/mol. The fourth-order valence-electron chi connectivity index (χ4n) is 3.31. The molecular formula is C24H27N7. The van der Waals surface area contributed by atoms with Crippen molar-refractivity contribution in [1.82, 2.24) is 15.0 Å². The number of hydrogen-bond donors (Lipinski definition) is 4. The van der Waals surface area contributed by atoms with Crippen LogP contribution in [0.5, 0.6) is 0 Å². The number of nitrogens with zero attached hydrogens (tertiary/aromatic N) is 3. The van der Waals surface area contributed by atoms with Gasteiger partial charge in [0.1, 0.15) is 0 Å². The number of fused-ring (bicyclic) bond motifs is 1. The zero-order valence-electron chi connectivity index (χ0n) is 17.4. The summed E-state index contributed by atoms with van der Waals surface area (Å²) in [7, 11) is 0. The summed E-state index contributed by atoms with van der Waals surface area (Å²) < 4.78 is 0. The van der Waals surface area contributed by atoms with Crippen molar-refractivity contribution in [3.8, 4) is 0 Å². The number of hydrogen-bond acceptors (Lipinski definition) is 7. The Bertz CT molecular complexity index is 1110. The van der Waals surface area contributed by atoms with Crippen molar-refractivity contribution in [1.29, 1.82) is 0 Å². The van der Waals surface area contributed by atoms with Crippen molar-refractivity contribution in [2.75, 3.05) is 29.0 Å². The van der Waals surface area contributed by atoms with E-state index in [1.54, 1.807) is 0 Å². The number of nitrogens with two attached hydrogens (primary N) is 1. The van der Waals surface area contributed by atoms with Crippen LogP contribution >= 0.6 is 0 Å². The van der Waals surface area contributed by atoms with Crippen LogP contribution < -0.4 is 21.7 Å². The molecule has 3 aromatic carbocycles. The summed E-state index contributed by atoms with van der Waals surface area (Å²) in [6.45, 7) is 2.58. The van der Waals surface area contributed by atoms with Crippen LogP contribution in [0.3, 0.4) is 0 Å². The van der Waals surface area contributed by atoms with E-state index in [0.717, 1.165) is 12.0 Å². The number of anilines is 3. The van der Waals surface area contributed by atoms with Gasteiger partial charge in [-0.1, -0.05) is 72.8 Å². The predicted octanol–water partition coefficient (Wildman–Crippen LogP) is 4.01. The number of benzene rings is 3. The fraction of sp³-hybridized carbons (Fsp3) is 0.208. The molecule has 31 heavy (non-hydrogen) atoms. The first kappa shape index (κ1) is 20.6. The third-order valence-corrected chi connectivity index (χ3v) is 4.91. The molecule has 0 radical (unpaired) electrons. The Balaban J connectivity index is 1.51. The monoisotopic (exact) mass is 413 g/mol. The van der Waals surface area contributed by atoms with E-state index in [2.05, 4.69) is 85.5 Å². The van der Waals surface area contributed by atoms with Crippen LogP contribution in [0.25, 0.3) is 10.8 Å². The van der Waals surface area contributed by atoms with Gasteiger partial charge in [0.05, 0.1) is 0 Å². The Morgan fingerprint density at radius 2 is 1.29 bits per heavy atom. The Morgan fingerprint density at radius 1 is 0.645 bits per heavy atom. The van der Waals surface area contributed by atoms with Crippen molar-refractivity contribution < 1.29 is 0 Å². The largest absolute Gasteiger partial charge is 0.354 e. The summed E-state index contributed by atoms with van der Waals surface area (Å²) >= 11 is 0. The van der Waals surface area contributed by atoms with Gasteiger partial charge in [-0.05, 0) is 34.9 Å². The molecule has 0 atom stereocenters. The molecule has 4 aromatic rings. The average Bonchev–Trinajstić information content (AvgIpc) is 2.82. The smallest absolute Gasteiger partial charge is 0.229 e. The van der Waals surface area contributed by atoms with Gasteiger partial charge in [0.25, 0.3) is 0 Å². The van der Waals surface area contributed by atoms with E-state index in [4.69, 9.17) is 5.73 Å². The number of rotatable bonds is 10. The van der Waals surface area contributed by atoms with Crippen molar-refractivity contribution in [3.05, 3.63) is 83.9 Å². The highest BCUT2D eigenvalue weighted by molar-refractivity contribution is 5.85. The minimum Gasteiger partial charge on any atom is -0.354 e. The molecule has 4 rings (SSSR count). The van der Waals surface area contributed by atoms with E-state index in [1.807, 2.05) is 18.2 Å². The fourth-order valence-corrected chi connectivity index (χ4v) is 3.31. The lowest BCUT2D eigenvalue weighted by Gasteiger charge is -2.12. The molecule has 0 bridgehead atoms. The van der Waals surface area contributed by atoms with E-state index in [-0.39, 0.29) is 0 Å². The molecule has 1 heterocycles. The molecule has 0 aliphatic carbocycles. The van der Waals surface area contributed by atoms with E-state index in [0.29, 0.717) is 44.0 Å². The molecule has 1 aromatic heterocycles. The van der Waals surface area contributed by atoms with Gasteiger partial charge < -0.3 is 21.7 Å². The third kappa shape index (κ3) is 5.67. The first-order chi connectivity index (χ1) is 15.3. The second-order valence-corrected chi connectivity index (χ2v) is 7.21. The maximum absolute atomic E-state index is 5.60. The SMILES string of the molecule is NCCCNc1nc(NCc2ccccc2)nc(NCc2cccc3ccccc23)n1. The van der Waals surface area contributed by atoms with E-state index in [1.165, 1.54) is 16.3 Å². The second-order valence-electron chi connectivity index (χ2n) is 7.21. The Morgan fingerprint density at radius 3 is 2.06 bits per heavy atom. The summed E-state index contributed by atoms with van der Waals surface area (Å²) in [5.74, 6) is 1.57. The molecule has 0 fully saturated rings. The highest BCUT2D eigenvalue weighted by Gasteiger charge is 2.08. The van der Waals surface area contributed by atoms with Crippen LogP contribution in [-0.2, 0) is 13.1 Å². The Labute approximate surface area is 182 Å². The zero-order valence-corrected chi connectivity index (χ0v) is 17.4. The van der Waals surface area contributed by atoms with Gasteiger partial charge in [0.2, 0.25) is 17.8 Å². The number of nitrogens with one attached hydrogen (secondary N) is 3. The Kier molecular flexibility index (Phi) is 6.87. The topological polar surface area (TPSA) is 101 Å². The van der Waals surface area contributed by atoms with Crippen molar-refractivity contribution in [3.63, 3.8) is 0 Å². The molecule has 158 valence electrons. The molecule has 5 N–H and O–H groups in total. The van der Waals surface area contributed by atoms with Crippen molar-refractivity contribution >= 4 is 28.6 Å². The maximum atomic E-state index is 5.60. The lowest BCUT2D eigenvalue weighted by atomic mass is 10.0. The van der Waals surface area contributed by atoms with Gasteiger partial charge in [-0.3, -0.25) is 0 Å². The minimum absolute atomic E-state index is 0.522. The van der Waals surface area contributed by atoms with E-state index >= 15 is 0 Å².